The zero-order valence-corrected chi connectivity index (χ0v) is 12.9. The van der Waals surface area contributed by atoms with Crippen molar-refractivity contribution in [1.29, 1.82) is 0 Å². The van der Waals surface area contributed by atoms with Gasteiger partial charge in [0.25, 0.3) is 0 Å². The van der Waals surface area contributed by atoms with Crippen molar-refractivity contribution < 1.29 is 4.79 Å². The van der Waals surface area contributed by atoms with Gasteiger partial charge in [-0.2, -0.15) is 0 Å². The van der Waals surface area contributed by atoms with E-state index >= 15 is 0 Å². The average Bonchev–Trinajstić information content (AvgIpc) is 2.94. The molecule has 0 aliphatic carbocycles. The number of nitrogens with zero attached hydrogens (tertiary/aromatic N) is 1. The van der Waals surface area contributed by atoms with Gasteiger partial charge in [0, 0.05) is 28.8 Å². The van der Waals surface area contributed by atoms with E-state index in [2.05, 4.69) is 4.98 Å². The van der Waals surface area contributed by atoms with Gasteiger partial charge in [0.15, 0.2) is 0 Å². The zero-order valence-electron chi connectivity index (χ0n) is 12.9. The van der Waals surface area contributed by atoms with E-state index in [1.165, 1.54) is 5.56 Å². The number of benzene rings is 2. The molecule has 3 aromatic rings. The van der Waals surface area contributed by atoms with Gasteiger partial charge >= 0.3 is 0 Å². The Labute approximate surface area is 134 Å². The third kappa shape index (κ3) is 2.46. The van der Waals surface area contributed by atoms with Crippen molar-refractivity contribution in [3.8, 4) is 0 Å². The number of amides is 1. The molecule has 0 atom stereocenters. The molecular formula is C19H19N3O. The number of hydrogen-bond acceptors (Lipinski definition) is 2. The second-order valence-corrected chi connectivity index (χ2v) is 6.08. The summed E-state index contributed by atoms with van der Waals surface area (Å²) in [7, 11) is 0. The van der Waals surface area contributed by atoms with Crippen LogP contribution in [0, 0.1) is 0 Å². The lowest BCUT2D eigenvalue weighted by Gasteiger charge is -2.27. The lowest BCUT2D eigenvalue weighted by molar-refractivity contribution is -0.131. The number of rotatable bonds is 2. The molecule has 1 aliphatic heterocycles. The molecule has 3 N–H and O–H groups in total. The van der Waals surface area contributed by atoms with Gasteiger partial charge in [0.2, 0.25) is 5.91 Å². The summed E-state index contributed by atoms with van der Waals surface area (Å²) in [5, 5.41) is 1.12. The van der Waals surface area contributed by atoms with Crippen molar-refractivity contribution in [2.24, 2.45) is 0 Å². The van der Waals surface area contributed by atoms with Crippen LogP contribution < -0.4 is 5.73 Å². The Kier molecular flexibility index (Phi) is 3.30. The topological polar surface area (TPSA) is 62.1 Å². The van der Waals surface area contributed by atoms with Gasteiger partial charge in [-0.25, -0.2) is 0 Å². The highest BCUT2D eigenvalue weighted by Gasteiger charge is 2.24. The second kappa shape index (κ2) is 5.47. The smallest absolute Gasteiger partial charge is 0.227 e. The molecule has 1 aromatic heterocycles. The first-order chi connectivity index (χ1) is 11.2. The van der Waals surface area contributed by atoms with Crippen LogP contribution in [0.15, 0.2) is 48.5 Å². The molecule has 1 aliphatic rings. The SMILES string of the molecule is Nc1cccc2[nH]c3c(c12)CCN(C(=O)Cc1ccccc1)C3. The number of hydrogen-bond donors (Lipinski definition) is 2. The van der Waals surface area contributed by atoms with E-state index in [1.807, 2.05) is 53.4 Å². The third-order valence-electron chi connectivity index (χ3n) is 4.58. The molecule has 0 bridgehead atoms. The Morgan fingerprint density at radius 1 is 1.13 bits per heavy atom. The zero-order chi connectivity index (χ0) is 15.8. The molecule has 4 heteroatoms. The first-order valence-electron chi connectivity index (χ1n) is 7.92. The number of nitrogens with two attached hydrogens (primary N) is 1. The first kappa shape index (κ1) is 13.9. The van der Waals surface area contributed by atoms with Crippen LogP contribution in [0.5, 0.6) is 0 Å². The maximum Gasteiger partial charge on any atom is 0.227 e. The van der Waals surface area contributed by atoms with Crippen LogP contribution in [0.2, 0.25) is 0 Å². The molecule has 0 saturated carbocycles. The Balaban J connectivity index is 1.58. The molecule has 4 nitrogen and oxygen atoms in total. The van der Waals surface area contributed by atoms with E-state index in [1.54, 1.807) is 0 Å². The van der Waals surface area contributed by atoms with Gasteiger partial charge in [0.05, 0.1) is 13.0 Å². The first-order valence-corrected chi connectivity index (χ1v) is 7.92. The fraction of sp³-hybridized carbons (Fsp3) is 0.211. The van der Waals surface area contributed by atoms with E-state index in [0.717, 1.165) is 40.8 Å². The Hall–Kier alpha value is -2.75. The summed E-state index contributed by atoms with van der Waals surface area (Å²) in [6.07, 6.45) is 1.31. The molecule has 2 heterocycles. The number of aromatic amines is 1. The Bertz CT molecular complexity index is 867. The largest absolute Gasteiger partial charge is 0.398 e. The number of aromatic nitrogens is 1. The van der Waals surface area contributed by atoms with Crippen LogP contribution in [0.3, 0.4) is 0 Å². The van der Waals surface area contributed by atoms with E-state index in [9.17, 15) is 4.79 Å². The van der Waals surface area contributed by atoms with E-state index in [-0.39, 0.29) is 5.91 Å². The molecular weight excluding hydrogens is 286 g/mol. The van der Waals surface area contributed by atoms with Crippen LogP contribution in [0.1, 0.15) is 16.8 Å². The van der Waals surface area contributed by atoms with Gasteiger partial charge in [0.1, 0.15) is 0 Å². The van der Waals surface area contributed by atoms with Crippen LogP contribution in [0.4, 0.5) is 5.69 Å². The van der Waals surface area contributed by atoms with Gasteiger partial charge in [-0.15, -0.1) is 0 Å². The summed E-state index contributed by atoms with van der Waals surface area (Å²) < 4.78 is 0. The maximum absolute atomic E-state index is 12.5. The number of anilines is 1. The third-order valence-corrected chi connectivity index (χ3v) is 4.58. The van der Waals surface area contributed by atoms with Crippen molar-refractivity contribution in [1.82, 2.24) is 9.88 Å². The predicted molar refractivity (Wildman–Crippen MR) is 92.0 cm³/mol. The number of H-pyrrole nitrogens is 1. The molecule has 23 heavy (non-hydrogen) atoms. The number of fused-ring (bicyclic) bond motifs is 3. The quantitative estimate of drug-likeness (QED) is 0.715. The Morgan fingerprint density at radius 3 is 2.78 bits per heavy atom. The van der Waals surface area contributed by atoms with Gasteiger partial charge < -0.3 is 15.6 Å². The fourth-order valence-electron chi connectivity index (χ4n) is 3.42. The minimum atomic E-state index is 0.175. The number of nitrogens with one attached hydrogen (secondary N) is 1. The van der Waals surface area contributed by atoms with Crippen LogP contribution in [0.25, 0.3) is 10.9 Å². The summed E-state index contributed by atoms with van der Waals surface area (Å²) in [5.74, 6) is 0.175. The fourth-order valence-corrected chi connectivity index (χ4v) is 3.42. The van der Waals surface area contributed by atoms with Crippen molar-refractivity contribution in [3.05, 3.63) is 65.4 Å². The Morgan fingerprint density at radius 2 is 1.96 bits per heavy atom. The molecule has 0 radical (unpaired) electrons. The molecule has 1 amide bonds. The van der Waals surface area contributed by atoms with Gasteiger partial charge in [-0.3, -0.25) is 4.79 Å². The van der Waals surface area contributed by atoms with Gasteiger partial charge in [-0.1, -0.05) is 36.4 Å². The lowest BCUT2D eigenvalue weighted by atomic mass is 10.0. The summed E-state index contributed by atoms with van der Waals surface area (Å²) in [6.45, 7) is 1.38. The summed E-state index contributed by atoms with van der Waals surface area (Å²) in [5.41, 5.74) is 11.4. The van der Waals surface area contributed by atoms with E-state index < -0.39 is 0 Å². The standard InChI is InChI=1S/C19H19N3O/c20-15-7-4-8-16-19(15)14-9-10-22(12-17(14)21-16)18(23)11-13-5-2-1-3-6-13/h1-8,21H,9-12,20H2. The summed E-state index contributed by atoms with van der Waals surface area (Å²) in [6, 6.07) is 15.8. The van der Waals surface area contributed by atoms with Crippen LogP contribution in [-0.4, -0.2) is 22.3 Å². The van der Waals surface area contributed by atoms with Crippen molar-refractivity contribution in [3.63, 3.8) is 0 Å². The highest BCUT2D eigenvalue weighted by Crippen LogP contribution is 2.31. The predicted octanol–water partition coefficient (Wildman–Crippen LogP) is 2.88. The van der Waals surface area contributed by atoms with Crippen molar-refractivity contribution in [2.75, 3.05) is 12.3 Å². The van der Waals surface area contributed by atoms with Gasteiger partial charge in [-0.05, 0) is 29.7 Å². The molecule has 116 valence electrons. The number of nitrogen functional groups attached to an aromatic ring is 1. The highest BCUT2D eigenvalue weighted by molar-refractivity contribution is 5.95. The lowest BCUT2D eigenvalue weighted by Crippen LogP contribution is -2.36. The maximum atomic E-state index is 12.5. The van der Waals surface area contributed by atoms with E-state index in [4.69, 9.17) is 5.73 Å². The summed E-state index contributed by atoms with van der Waals surface area (Å²) in [4.78, 5) is 17.9. The molecule has 4 rings (SSSR count). The minimum absolute atomic E-state index is 0.175. The molecule has 2 aromatic carbocycles. The monoisotopic (exact) mass is 305 g/mol. The van der Waals surface area contributed by atoms with Crippen molar-refractivity contribution in [2.45, 2.75) is 19.4 Å². The summed E-state index contributed by atoms with van der Waals surface area (Å²) >= 11 is 0. The average molecular weight is 305 g/mol. The van der Waals surface area contributed by atoms with E-state index in [0.29, 0.717) is 13.0 Å². The normalized spacial score (nSPS) is 14.0. The number of carbonyl (C=O) groups excluding carboxylic acids is 1. The highest BCUT2D eigenvalue weighted by atomic mass is 16.2. The molecule has 0 unspecified atom stereocenters. The van der Waals surface area contributed by atoms with Crippen molar-refractivity contribution >= 4 is 22.5 Å². The molecule has 0 fully saturated rings. The van der Waals surface area contributed by atoms with Crippen LogP contribution >= 0.6 is 0 Å². The molecule has 0 saturated heterocycles. The minimum Gasteiger partial charge on any atom is -0.398 e. The number of carbonyl (C=O) groups is 1. The molecule has 0 spiro atoms. The second-order valence-electron chi connectivity index (χ2n) is 6.08. The van der Waals surface area contributed by atoms with Crippen LogP contribution in [-0.2, 0) is 24.2 Å².